The smallest absolute Gasteiger partial charge is 0.208 e. The van der Waals surface area contributed by atoms with Gasteiger partial charge in [0.2, 0.25) is 6.71 Å². The Morgan fingerprint density at radius 2 is 1.54 bits per heavy atom. The molecule has 1 N–H and O–H groups in total. The van der Waals surface area contributed by atoms with Crippen molar-refractivity contribution >= 4 is 28.9 Å². The quantitative estimate of drug-likeness (QED) is 0.132. The van der Waals surface area contributed by atoms with Crippen molar-refractivity contribution in [1.29, 1.82) is 0 Å². The number of carbonyl (C=O) groups is 1. The van der Waals surface area contributed by atoms with Crippen molar-refractivity contribution in [2.45, 2.75) is 13.8 Å². The number of nitrogens with zero attached hydrogens (tertiary/aromatic N) is 1. The molecule has 2 aliphatic rings. The number of hydrogen-bond donors (Lipinski definition) is 1. The zero-order valence-corrected chi connectivity index (χ0v) is 21.4. The second-order valence-electron chi connectivity index (χ2n) is 8.11. The summed E-state index contributed by atoms with van der Waals surface area (Å²) in [6, 6.07) is 27.7. The van der Waals surface area contributed by atoms with Gasteiger partial charge < -0.3 is 19.6 Å². The Bertz CT molecular complexity index is 1350. The predicted molar refractivity (Wildman–Crippen MR) is 133 cm³/mol. The summed E-state index contributed by atoms with van der Waals surface area (Å²) in [5.41, 5.74) is 5.05. The molecule has 35 heavy (non-hydrogen) atoms. The van der Waals surface area contributed by atoms with Gasteiger partial charge in [0.15, 0.2) is 5.78 Å². The van der Waals surface area contributed by atoms with Gasteiger partial charge in [-0.3, -0.25) is 4.79 Å². The van der Waals surface area contributed by atoms with Crippen LogP contribution >= 0.6 is 0 Å². The van der Waals surface area contributed by atoms with E-state index in [1.165, 1.54) is 19.9 Å². The van der Waals surface area contributed by atoms with Crippen LogP contribution in [0.2, 0.25) is 0 Å². The van der Waals surface area contributed by atoms with Crippen LogP contribution in [0.4, 0.5) is 0 Å². The summed E-state index contributed by atoms with van der Waals surface area (Å²) >= 11 is 0. The standard InChI is InChI=1S/C23H13BNO2.C5H8O2.Pt/c1-3-10-19-16(7-1)24-17-8-2-4-11-20(17)27-22-14-15(13-21(26-19)23(22)24)18-9-5-6-12-25-18;1-4(6)3-5(2)7;/h1-13H;3,6H,1-2H3;/q-1;;/b;4-3-;. The number of carbonyl (C=O) groups excluding carboxylic acids is 1. The molecule has 0 saturated heterocycles. The summed E-state index contributed by atoms with van der Waals surface area (Å²) in [6.07, 6.45) is 2.95. The van der Waals surface area contributed by atoms with Crippen LogP contribution in [-0.2, 0) is 25.9 Å². The van der Waals surface area contributed by atoms with E-state index in [1.54, 1.807) is 6.20 Å². The number of ether oxygens (including phenoxy) is 2. The van der Waals surface area contributed by atoms with Crippen molar-refractivity contribution in [3.63, 3.8) is 0 Å². The van der Waals surface area contributed by atoms with Crippen molar-refractivity contribution in [3.8, 4) is 34.3 Å². The zero-order chi connectivity index (χ0) is 23.7. The van der Waals surface area contributed by atoms with E-state index in [2.05, 4.69) is 35.3 Å². The second kappa shape index (κ2) is 10.3. The van der Waals surface area contributed by atoms with E-state index in [-0.39, 0.29) is 39.3 Å². The van der Waals surface area contributed by atoms with E-state index in [1.807, 2.05) is 48.5 Å². The molecule has 7 heteroatoms. The summed E-state index contributed by atoms with van der Waals surface area (Å²) < 4.78 is 12.5. The number of allylic oxidation sites excluding steroid dienone is 2. The first kappa shape index (κ1) is 24.5. The molecule has 0 fully saturated rings. The average molecular weight is 641 g/mol. The Balaban J connectivity index is 0.000000320. The van der Waals surface area contributed by atoms with E-state index >= 15 is 0 Å². The van der Waals surface area contributed by atoms with Crippen molar-refractivity contribution in [2.24, 2.45) is 0 Å². The molecule has 3 aromatic carbocycles. The first-order valence-electron chi connectivity index (χ1n) is 10.9. The zero-order valence-electron chi connectivity index (χ0n) is 19.1. The third-order valence-corrected chi connectivity index (χ3v) is 5.57. The van der Waals surface area contributed by atoms with Crippen molar-refractivity contribution in [3.05, 3.63) is 96.9 Å². The molecule has 5 nitrogen and oxygen atoms in total. The molecule has 0 spiro atoms. The van der Waals surface area contributed by atoms with Crippen LogP contribution < -0.4 is 25.9 Å². The van der Waals surface area contributed by atoms with Crippen LogP contribution in [0.25, 0.3) is 11.3 Å². The topological polar surface area (TPSA) is 68.7 Å². The molecule has 0 radical (unpaired) electrons. The second-order valence-corrected chi connectivity index (χ2v) is 8.11. The van der Waals surface area contributed by atoms with Gasteiger partial charge in [-0.2, -0.15) is 0 Å². The molecule has 0 aliphatic carbocycles. The van der Waals surface area contributed by atoms with Gasteiger partial charge in [0.1, 0.15) is 11.5 Å². The average Bonchev–Trinajstić information content (AvgIpc) is 2.83. The molecule has 6 rings (SSSR count). The van der Waals surface area contributed by atoms with Gasteiger partial charge in [-0.1, -0.05) is 60.1 Å². The summed E-state index contributed by atoms with van der Waals surface area (Å²) in [5, 5.41) is 8.36. The van der Waals surface area contributed by atoms with E-state index in [9.17, 15) is 4.79 Å². The van der Waals surface area contributed by atoms with Gasteiger partial charge in [-0.05, 0) is 48.7 Å². The van der Waals surface area contributed by atoms with Crippen molar-refractivity contribution in [1.82, 2.24) is 4.98 Å². The molecule has 0 unspecified atom stereocenters. The maximum absolute atomic E-state index is 10.0. The van der Waals surface area contributed by atoms with Gasteiger partial charge in [-0.25, -0.2) is 0 Å². The molecule has 176 valence electrons. The number of fused-ring (bicyclic) bond motifs is 4. The fourth-order valence-electron chi connectivity index (χ4n) is 4.27. The first-order chi connectivity index (χ1) is 16.5. The van der Waals surface area contributed by atoms with E-state index in [0.717, 1.165) is 44.9 Å². The molecule has 1 aromatic heterocycles. The van der Waals surface area contributed by atoms with Crippen LogP contribution in [0.5, 0.6) is 23.0 Å². The fraction of sp³-hybridized carbons (Fsp3) is 0.0714. The molecule has 0 saturated carbocycles. The van der Waals surface area contributed by atoms with E-state index in [0.29, 0.717) is 5.75 Å². The van der Waals surface area contributed by atoms with Crippen LogP contribution in [0.15, 0.2) is 90.8 Å². The summed E-state index contributed by atoms with van der Waals surface area (Å²) in [5.74, 6) is 3.21. The number of para-hydroxylation sites is 2. The number of aromatic nitrogens is 1. The number of ketones is 1. The third kappa shape index (κ3) is 4.94. The Kier molecular flexibility index (Phi) is 7.23. The number of pyridine rings is 1. The minimum atomic E-state index is -0.125. The Labute approximate surface area is 218 Å². The predicted octanol–water partition coefficient (Wildman–Crippen LogP) is 4.31. The summed E-state index contributed by atoms with van der Waals surface area (Å²) in [4.78, 5) is 14.5. The first-order valence-corrected chi connectivity index (χ1v) is 10.9. The van der Waals surface area contributed by atoms with Crippen LogP contribution in [0.1, 0.15) is 13.8 Å². The normalized spacial score (nSPS) is 12.3. The van der Waals surface area contributed by atoms with Crippen LogP contribution in [0, 0.1) is 6.07 Å². The van der Waals surface area contributed by atoms with Crippen molar-refractivity contribution in [2.75, 3.05) is 0 Å². The Hall–Kier alpha value is -3.63. The molecular weight excluding hydrogens is 620 g/mol. The molecule has 0 bridgehead atoms. The van der Waals surface area contributed by atoms with E-state index < -0.39 is 0 Å². The number of aliphatic hydroxyl groups excluding tert-OH is 1. The molecule has 4 aromatic rings. The molecule has 2 aliphatic heterocycles. The van der Waals surface area contributed by atoms with E-state index in [4.69, 9.17) is 14.6 Å². The minimum absolute atomic E-state index is 0. The van der Waals surface area contributed by atoms with Crippen LogP contribution in [-0.4, -0.2) is 22.6 Å². The third-order valence-electron chi connectivity index (χ3n) is 5.57. The summed E-state index contributed by atoms with van der Waals surface area (Å²) in [7, 11) is 0. The Morgan fingerprint density at radius 3 is 2.11 bits per heavy atom. The van der Waals surface area contributed by atoms with Crippen LogP contribution in [0.3, 0.4) is 0 Å². The summed E-state index contributed by atoms with van der Waals surface area (Å²) in [6.45, 7) is 2.93. The SMILES string of the molecule is CC(=O)/C=C(/C)O.[Pt].[c-]1c(-c2ccccn2)cc2c3c1Oc1ccccc1B3c1ccccc1O2. The minimum Gasteiger partial charge on any atom is -0.512 e. The number of aliphatic hydroxyl groups is 1. The monoisotopic (exact) mass is 641 g/mol. The fourth-order valence-corrected chi connectivity index (χ4v) is 4.27. The van der Waals surface area contributed by atoms with Crippen molar-refractivity contribution < 1.29 is 40.4 Å². The molecule has 0 atom stereocenters. The molecule has 0 amide bonds. The number of benzene rings is 3. The number of hydrogen-bond acceptors (Lipinski definition) is 5. The number of rotatable bonds is 2. The van der Waals surface area contributed by atoms with Gasteiger partial charge in [0, 0.05) is 44.8 Å². The van der Waals surface area contributed by atoms with Gasteiger partial charge in [0.25, 0.3) is 0 Å². The molecular formula is C28H21BNO4Pt-. The molecule has 3 heterocycles. The van der Waals surface area contributed by atoms with Gasteiger partial charge >= 0.3 is 0 Å². The maximum Gasteiger partial charge on any atom is 0.208 e. The maximum atomic E-state index is 10.0. The largest absolute Gasteiger partial charge is 0.512 e. The van der Waals surface area contributed by atoms with Gasteiger partial charge in [0.05, 0.1) is 5.76 Å². The Morgan fingerprint density at radius 1 is 0.914 bits per heavy atom. The van der Waals surface area contributed by atoms with Gasteiger partial charge in [-0.15, -0.1) is 11.6 Å².